The molecule has 0 aromatic heterocycles. The van der Waals surface area contributed by atoms with Crippen LogP contribution in [0.2, 0.25) is 0 Å². The summed E-state index contributed by atoms with van der Waals surface area (Å²) in [5, 5.41) is 0.774. The third kappa shape index (κ3) is 3.83. The molecule has 1 unspecified atom stereocenters. The van der Waals surface area contributed by atoms with Gasteiger partial charge in [-0.25, -0.2) is 0 Å². The fraction of sp³-hybridized carbons (Fsp3) is 0.625. The van der Waals surface area contributed by atoms with E-state index >= 15 is 0 Å². The number of methoxy groups -OCH3 is 2. The van der Waals surface area contributed by atoms with E-state index in [0.717, 1.165) is 28.1 Å². The Morgan fingerprint density at radius 3 is 2.30 bits per heavy atom. The van der Waals surface area contributed by atoms with Gasteiger partial charge < -0.3 is 15.2 Å². The van der Waals surface area contributed by atoms with E-state index in [4.69, 9.17) is 15.2 Å². The SMILES string of the molecule is COc1cccc(OC)c1C(N)CSC1CCCCC1. The Kier molecular flexibility index (Phi) is 6.05. The number of hydrogen-bond acceptors (Lipinski definition) is 4. The van der Waals surface area contributed by atoms with Crippen LogP contribution in [0.3, 0.4) is 0 Å². The van der Waals surface area contributed by atoms with Crippen molar-refractivity contribution in [3.8, 4) is 11.5 Å². The number of rotatable bonds is 6. The Labute approximate surface area is 126 Å². The predicted octanol–water partition coefficient (Wildman–Crippen LogP) is 3.77. The van der Waals surface area contributed by atoms with E-state index in [1.807, 2.05) is 30.0 Å². The third-order valence-corrected chi connectivity index (χ3v) is 5.39. The minimum absolute atomic E-state index is 0.0481. The molecular weight excluding hydrogens is 270 g/mol. The zero-order chi connectivity index (χ0) is 14.4. The van der Waals surface area contributed by atoms with Gasteiger partial charge in [-0.05, 0) is 25.0 Å². The monoisotopic (exact) mass is 295 g/mol. The lowest BCUT2D eigenvalue weighted by atomic mass is 10.0. The molecule has 0 heterocycles. The van der Waals surface area contributed by atoms with E-state index < -0.39 is 0 Å². The Morgan fingerprint density at radius 2 is 1.75 bits per heavy atom. The van der Waals surface area contributed by atoms with Gasteiger partial charge in [0.05, 0.1) is 19.8 Å². The average molecular weight is 295 g/mol. The fourth-order valence-corrected chi connectivity index (χ4v) is 4.11. The molecule has 2 N–H and O–H groups in total. The van der Waals surface area contributed by atoms with E-state index in [-0.39, 0.29) is 6.04 Å². The van der Waals surface area contributed by atoms with E-state index in [1.165, 1.54) is 32.1 Å². The van der Waals surface area contributed by atoms with Gasteiger partial charge in [0.25, 0.3) is 0 Å². The van der Waals surface area contributed by atoms with Crippen molar-refractivity contribution >= 4 is 11.8 Å². The molecule has 1 saturated carbocycles. The minimum Gasteiger partial charge on any atom is -0.496 e. The van der Waals surface area contributed by atoms with Gasteiger partial charge >= 0.3 is 0 Å². The van der Waals surface area contributed by atoms with E-state index in [9.17, 15) is 0 Å². The highest BCUT2D eigenvalue weighted by molar-refractivity contribution is 7.99. The maximum Gasteiger partial charge on any atom is 0.127 e. The average Bonchev–Trinajstić information content (AvgIpc) is 2.52. The van der Waals surface area contributed by atoms with Crippen LogP contribution in [0.1, 0.15) is 43.7 Å². The Hall–Kier alpha value is -0.870. The van der Waals surface area contributed by atoms with Crippen LogP contribution < -0.4 is 15.2 Å². The molecule has 0 amide bonds. The zero-order valence-electron chi connectivity index (χ0n) is 12.4. The standard InChI is InChI=1S/C16H25NO2S/c1-18-14-9-6-10-15(19-2)16(14)13(17)11-20-12-7-4-3-5-8-12/h6,9-10,12-13H,3-5,7-8,11,17H2,1-2H3. The molecular formula is C16H25NO2S. The second kappa shape index (κ2) is 7.79. The van der Waals surface area contributed by atoms with Crippen molar-refractivity contribution in [3.63, 3.8) is 0 Å². The Balaban J connectivity index is 2.02. The number of ether oxygens (including phenoxy) is 2. The first-order valence-corrected chi connectivity index (χ1v) is 8.39. The molecule has 0 radical (unpaired) electrons. The molecule has 1 atom stereocenters. The smallest absolute Gasteiger partial charge is 0.127 e. The van der Waals surface area contributed by atoms with Gasteiger partial charge in [-0.15, -0.1) is 0 Å². The van der Waals surface area contributed by atoms with Crippen molar-refractivity contribution in [3.05, 3.63) is 23.8 Å². The molecule has 1 aliphatic carbocycles. The lowest BCUT2D eigenvalue weighted by molar-refractivity contribution is 0.381. The second-order valence-electron chi connectivity index (χ2n) is 5.28. The lowest BCUT2D eigenvalue weighted by Gasteiger charge is -2.24. The summed E-state index contributed by atoms with van der Waals surface area (Å²) >= 11 is 2.00. The molecule has 1 aliphatic rings. The predicted molar refractivity (Wildman–Crippen MR) is 85.8 cm³/mol. The Bertz CT molecular complexity index is 397. The minimum atomic E-state index is -0.0481. The van der Waals surface area contributed by atoms with Crippen LogP contribution in [0.25, 0.3) is 0 Å². The first kappa shape index (κ1) is 15.5. The summed E-state index contributed by atoms with van der Waals surface area (Å²) in [4.78, 5) is 0. The van der Waals surface area contributed by atoms with Crippen molar-refractivity contribution < 1.29 is 9.47 Å². The first-order valence-electron chi connectivity index (χ1n) is 7.34. The van der Waals surface area contributed by atoms with E-state index in [1.54, 1.807) is 14.2 Å². The summed E-state index contributed by atoms with van der Waals surface area (Å²) < 4.78 is 10.9. The summed E-state index contributed by atoms with van der Waals surface area (Å²) in [6.45, 7) is 0. The van der Waals surface area contributed by atoms with Crippen molar-refractivity contribution in [2.45, 2.75) is 43.4 Å². The van der Waals surface area contributed by atoms with Gasteiger partial charge in [0, 0.05) is 17.0 Å². The largest absolute Gasteiger partial charge is 0.496 e. The molecule has 1 aromatic rings. The summed E-state index contributed by atoms with van der Waals surface area (Å²) in [5.41, 5.74) is 7.37. The van der Waals surface area contributed by atoms with Crippen LogP contribution in [0.5, 0.6) is 11.5 Å². The molecule has 0 spiro atoms. The van der Waals surface area contributed by atoms with Crippen LogP contribution >= 0.6 is 11.8 Å². The lowest BCUT2D eigenvalue weighted by Crippen LogP contribution is -2.18. The van der Waals surface area contributed by atoms with Crippen LogP contribution in [0, 0.1) is 0 Å². The number of thioether (sulfide) groups is 1. The topological polar surface area (TPSA) is 44.5 Å². The van der Waals surface area contributed by atoms with Crippen molar-refractivity contribution in [1.82, 2.24) is 0 Å². The van der Waals surface area contributed by atoms with Crippen LogP contribution in [-0.4, -0.2) is 25.2 Å². The molecule has 4 heteroatoms. The molecule has 1 aromatic carbocycles. The quantitative estimate of drug-likeness (QED) is 0.867. The highest BCUT2D eigenvalue weighted by atomic mass is 32.2. The van der Waals surface area contributed by atoms with Crippen molar-refractivity contribution in [2.75, 3.05) is 20.0 Å². The second-order valence-corrected chi connectivity index (χ2v) is 6.61. The molecule has 1 fully saturated rings. The van der Waals surface area contributed by atoms with Gasteiger partial charge in [-0.1, -0.05) is 25.3 Å². The molecule has 3 nitrogen and oxygen atoms in total. The molecule has 0 aliphatic heterocycles. The molecule has 20 heavy (non-hydrogen) atoms. The van der Waals surface area contributed by atoms with Gasteiger partial charge in [-0.2, -0.15) is 11.8 Å². The fourth-order valence-electron chi connectivity index (χ4n) is 2.80. The summed E-state index contributed by atoms with van der Waals surface area (Å²) in [5.74, 6) is 2.56. The summed E-state index contributed by atoms with van der Waals surface area (Å²) in [6, 6.07) is 5.78. The molecule has 2 rings (SSSR count). The van der Waals surface area contributed by atoms with Gasteiger partial charge in [0.1, 0.15) is 11.5 Å². The summed E-state index contributed by atoms with van der Waals surface area (Å²) in [6.07, 6.45) is 6.79. The summed E-state index contributed by atoms with van der Waals surface area (Å²) in [7, 11) is 3.36. The number of benzene rings is 1. The molecule has 0 saturated heterocycles. The molecule has 0 bridgehead atoms. The van der Waals surface area contributed by atoms with Gasteiger partial charge in [0.15, 0.2) is 0 Å². The normalized spacial score (nSPS) is 17.8. The number of hydrogen-bond donors (Lipinski definition) is 1. The molecule has 112 valence electrons. The van der Waals surface area contributed by atoms with Gasteiger partial charge in [-0.3, -0.25) is 0 Å². The zero-order valence-corrected chi connectivity index (χ0v) is 13.2. The van der Waals surface area contributed by atoms with Crippen LogP contribution in [0.4, 0.5) is 0 Å². The van der Waals surface area contributed by atoms with Crippen molar-refractivity contribution in [2.24, 2.45) is 5.73 Å². The highest BCUT2D eigenvalue weighted by Crippen LogP contribution is 2.36. The maximum absolute atomic E-state index is 6.38. The maximum atomic E-state index is 6.38. The third-order valence-electron chi connectivity index (χ3n) is 3.90. The van der Waals surface area contributed by atoms with Crippen LogP contribution in [-0.2, 0) is 0 Å². The Morgan fingerprint density at radius 1 is 1.15 bits per heavy atom. The first-order chi connectivity index (χ1) is 9.76. The number of nitrogens with two attached hydrogens (primary N) is 1. The van der Waals surface area contributed by atoms with Gasteiger partial charge in [0.2, 0.25) is 0 Å². The van der Waals surface area contributed by atoms with E-state index in [2.05, 4.69) is 0 Å². The van der Waals surface area contributed by atoms with Crippen molar-refractivity contribution in [1.29, 1.82) is 0 Å². The van der Waals surface area contributed by atoms with E-state index in [0.29, 0.717) is 0 Å². The van der Waals surface area contributed by atoms with Crippen LogP contribution in [0.15, 0.2) is 18.2 Å². The highest BCUT2D eigenvalue weighted by Gasteiger charge is 2.20.